The van der Waals surface area contributed by atoms with Gasteiger partial charge in [0.1, 0.15) is 0 Å². The van der Waals surface area contributed by atoms with Gasteiger partial charge in [-0.3, -0.25) is 0 Å². The lowest BCUT2D eigenvalue weighted by Gasteiger charge is -2.24. The fraction of sp³-hybridized carbons (Fsp3) is 0.250. The summed E-state index contributed by atoms with van der Waals surface area (Å²) in [6, 6.07) is 32.7. The van der Waals surface area contributed by atoms with Gasteiger partial charge in [-0.05, 0) is 81.9 Å². The van der Waals surface area contributed by atoms with Crippen molar-refractivity contribution in [2.75, 3.05) is 56.9 Å². The van der Waals surface area contributed by atoms with Crippen LogP contribution < -0.4 is 37.9 Å². The molecule has 8 heteroatoms. The molecule has 0 bridgehead atoms. The minimum atomic E-state index is -0.153. The van der Waals surface area contributed by atoms with Crippen LogP contribution >= 0.6 is 0 Å². The zero-order valence-electron chi connectivity index (χ0n) is 28.7. The molecule has 0 aliphatic carbocycles. The summed E-state index contributed by atoms with van der Waals surface area (Å²) in [5.41, 5.74) is 6.29. The molecular formula is C40H42O8. The van der Waals surface area contributed by atoms with Crippen LogP contribution in [-0.2, 0) is 0 Å². The Kier molecular flexibility index (Phi) is 10.9. The molecule has 5 aromatic rings. The third-order valence-electron chi connectivity index (χ3n) is 8.57. The normalized spacial score (nSPS) is 10.9. The largest absolute Gasteiger partial charge is 0.493 e. The highest BCUT2D eigenvalue weighted by atomic mass is 16.5. The topological polar surface area (TPSA) is 73.8 Å². The summed E-state index contributed by atoms with van der Waals surface area (Å²) in [7, 11) is 13.1. The van der Waals surface area contributed by atoms with E-state index in [9.17, 15) is 0 Å². The van der Waals surface area contributed by atoms with Crippen LogP contribution in [-0.4, -0.2) is 56.9 Å². The van der Waals surface area contributed by atoms with Gasteiger partial charge in [-0.2, -0.15) is 0 Å². The lowest BCUT2D eigenvalue weighted by atomic mass is 9.81. The molecule has 0 unspecified atom stereocenters. The van der Waals surface area contributed by atoms with Crippen LogP contribution in [0.1, 0.15) is 45.2 Å². The van der Waals surface area contributed by atoms with Crippen LogP contribution in [0.15, 0.2) is 97.1 Å². The van der Waals surface area contributed by atoms with E-state index in [4.69, 9.17) is 37.9 Å². The van der Waals surface area contributed by atoms with Crippen LogP contribution in [0.4, 0.5) is 0 Å². The molecule has 0 aromatic heterocycles. The quantitative estimate of drug-likeness (QED) is 0.112. The Morgan fingerprint density at radius 1 is 0.250 bits per heavy atom. The molecule has 0 aliphatic heterocycles. The van der Waals surface area contributed by atoms with Crippen molar-refractivity contribution in [2.24, 2.45) is 0 Å². The summed E-state index contributed by atoms with van der Waals surface area (Å²) in [4.78, 5) is 0. The molecule has 0 saturated heterocycles. The highest BCUT2D eigenvalue weighted by molar-refractivity contribution is 5.56. The van der Waals surface area contributed by atoms with Crippen molar-refractivity contribution in [2.45, 2.75) is 11.8 Å². The maximum atomic E-state index is 5.69. The first-order valence-electron chi connectivity index (χ1n) is 15.4. The van der Waals surface area contributed by atoms with E-state index in [1.165, 1.54) is 0 Å². The Bertz CT molecular complexity index is 1590. The van der Waals surface area contributed by atoms with E-state index in [0.717, 1.165) is 33.4 Å². The summed E-state index contributed by atoms with van der Waals surface area (Å²) < 4.78 is 44.9. The first-order chi connectivity index (χ1) is 23.4. The molecule has 0 fully saturated rings. The molecule has 0 heterocycles. The zero-order valence-corrected chi connectivity index (χ0v) is 28.7. The second-order valence-electron chi connectivity index (χ2n) is 11.0. The van der Waals surface area contributed by atoms with E-state index in [0.29, 0.717) is 46.0 Å². The van der Waals surface area contributed by atoms with Gasteiger partial charge in [0.05, 0.1) is 56.9 Å². The van der Waals surface area contributed by atoms with Crippen LogP contribution in [0.25, 0.3) is 0 Å². The molecule has 5 aromatic carbocycles. The number of hydrogen-bond acceptors (Lipinski definition) is 8. The lowest BCUT2D eigenvalue weighted by molar-refractivity contribution is 0.354. The smallest absolute Gasteiger partial charge is 0.161 e. The third-order valence-corrected chi connectivity index (χ3v) is 8.57. The summed E-state index contributed by atoms with van der Waals surface area (Å²) >= 11 is 0. The Hall–Kier alpha value is -5.50. The first-order valence-corrected chi connectivity index (χ1v) is 15.4. The number of methoxy groups -OCH3 is 8. The van der Waals surface area contributed by atoms with Crippen molar-refractivity contribution in [1.29, 1.82) is 0 Å². The predicted molar refractivity (Wildman–Crippen MR) is 187 cm³/mol. The second kappa shape index (κ2) is 15.4. The van der Waals surface area contributed by atoms with Crippen molar-refractivity contribution in [3.8, 4) is 46.0 Å². The summed E-state index contributed by atoms with van der Waals surface area (Å²) in [6.45, 7) is 0. The minimum Gasteiger partial charge on any atom is -0.493 e. The molecule has 0 aliphatic rings. The first kappa shape index (κ1) is 33.9. The van der Waals surface area contributed by atoms with E-state index in [-0.39, 0.29) is 11.8 Å². The fourth-order valence-electron chi connectivity index (χ4n) is 6.17. The maximum absolute atomic E-state index is 5.69. The van der Waals surface area contributed by atoms with Crippen LogP contribution in [0.5, 0.6) is 46.0 Å². The predicted octanol–water partition coefficient (Wildman–Crippen LogP) is 8.12. The maximum Gasteiger partial charge on any atom is 0.161 e. The Balaban J connectivity index is 1.67. The SMILES string of the molecule is COc1ccc(C(c2ccc(C(c3ccc(OC)c(OC)c3)c3ccc(OC)c(OC)c3)cc2)c2ccc(OC)c(OC)c2)cc1OC. The third kappa shape index (κ3) is 6.79. The number of benzene rings is 5. The molecule has 48 heavy (non-hydrogen) atoms. The zero-order chi connectivity index (χ0) is 34.2. The monoisotopic (exact) mass is 650 g/mol. The Labute approximate surface area is 282 Å². The number of ether oxygens (including phenoxy) is 8. The molecule has 5 rings (SSSR count). The van der Waals surface area contributed by atoms with Crippen molar-refractivity contribution < 1.29 is 37.9 Å². The van der Waals surface area contributed by atoms with Crippen molar-refractivity contribution in [3.05, 3.63) is 130 Å². The summed E-state index contributed by atoms with van der Waals surface area (Å²) in [6.07, 6.45) is 0. The summed E-state index contributed by atoms with van der Waals surface area (Å²) in [5.74, 6) is 4.95. The number of hydrogen-bond donors (Lipinski definition) is 0. The summed E-state index contributed by atoms with van der Waals surface area (Å²) in [5, 5.41) is 0. The van der Waals surface area contributed by atoms with Gasteiger partial charge in [-0.1, -0.05) is 48.5 Å². The highest BCUT2D eigenvalue weighted by Crippen LogP contribution is 2.43. The van der Waals surface area contributed by atoms with E-state index < -0.39 is 0 Å². The van der Waals surface area contributed by atoms with E-state index >= 15 is 0 Å². The molecular weight excluding hydrogens is 608 g/mol. The van der Waals surface area contributed by atoms with E-state index in [2.05, 4.69) is 48.5 Å². The molecule has 0 amide bonds. The second-order valence-corrected chi connectivity index (χ2v) is 11.0. The van der Waals surface area contributed by atoms with Gasteiger partial charge in [-0.25, -0.2) is 0 Å². The standard InChI is InChI=1S/C40H42O8/c1-41-31-17-13-27(21-35(31)45-5)39(28-14-18-32(42-2)36(22-28)46-6)25-9-11-26(12-10-25)40(29-15-19-33(43-3)37(23-29)47-7)30-16-20-34(44-4)38(24-30)48-8/h9-24,39-40H,1-8H3. The van der Waals surface area contributed by atoms with Crippen LogP contribution in [0, 0.1) is 0 Å². The average Bonchev–Trinajstić information content (AvgIpc) is 3.15. The van der Waals surface area contributed by atoms with Crippen molar-refractivity contribution >= 4 is 0 Å². The Morgan fingerprint density at radius 3 is 0.625 bits per heavy atom. The van der Waals surface area contributed by atoms with Gasteiger partial charge >= 0.3 is 0 Å². The molecule has 250 valence electrons. The van der Waals surface area contributed by atoms with E-state index in [1.54, 1.807) is 56.9 Å². The number of rotatable bonds is 14. The molecule has 0 saturated carbocycles. The van der Waals surface area contributed by atoms with Crippen molar-refractivity contribution in [1.82, 2.24) is 0 Å². The van der Waals surface area contributed by atoms with Gasteiger partial charge in [0.15, 0.2) is 46.0 Å². The van der Waals surface area contributed by atoms with Gasteiger partial charge in [0.25, 0.3) is 0 Å². The molecule has 8 nitrogen and oxygen atoms in total. The van der Waals surface area contributed by atoms with Crippen molar-refractivity contribution in [3.63, 3.8) is 0 Å². The highest BCUT2D eigenvalue weighted by Gasteiger charge is 2.24. The fourth-order valence-corrected chi connectivity index (χ4v) is 6.17. The van der Waals surface area contributed by atoms with Gasteiger partial charge in [0.2, 0.25) is 0 Å². The van der Waals surface area contributed by atoms with E-state index in [1.807, 2.05) is 48.5 Å². The van der Waals surface area contributed by atoms with Gasteiger partial charge in [-0.15, -0.1) is 0 Å². The van der Waals surface area contributed by atoms with Gasteiger partial charge < -0.3 is 37.9 Å². The molecule has 0 spiro atoms. The van der Waals surface area contributed by atoms with Crippen LogP contribution in [0.3, 0.4) is 0 Å². The van der Waals surface area contributed by atoms with Gasteiger partial charge in [0, 0.05) is 11.8 Å². The minimum absolute atomic E-state index is 0.153. The molecule has 0 N–H and O–H groups in total. The lowest BCUT2D eigenvalue weighted by Crippen LogP contribution is -2.08. The van der Waals surface area contributed by atoms with Crippen LogP contribution in [0.2, 0.25) is 0 Å². The molecule has 0 radical (unpaired) electrons. The average molecular weight is 651 g/mol. The Morgan fingerprint density at radius 2 is 0.438 bits per heavy atom. The molecule has 0 atom stereocenters.